The van der Waals surface area contributed by atoms with Crippen LogP contribution >= 0.6 is 11.6 Å². The summed E-state index contributed by atoms with van der Waals surface area (Å²) in [5.41, 5.74) is 1.35. The van der Waals surface area contributed by atoms with Gasteiger partial charge in [-0.25, -0.2) is 0 Å². The second-order valence-electron chi connectivity index (χ2n) is 8.01. The molecule has 0 radical (unpaired) electrons. The average molecular weight is 427 g/mol. The maximum atomic E-state index is 13.1. The molecule has 1 amide bonds. The maximum Gasteiger partial charge on any atom is 0.254 e. The summed E-state index contributed by atoms with van der Waals surface area (Å²) in [6.45, 7) is 5.28. The predicted molar refractivity (Wildman–Crippen MR) is 121 cm³/mol. The Morgan fingerprint density at radius 1 is 1.10 bits per heavy atom. The Balaban J connectivity index is 1.51. The van der Waals surface area contributed by atoms with E-state index in [1.165, 1.54) is 0 Å². The molecule has 0 unspecified atom stereocenters. The lowest BCUT2D eigenvalue weighted by atomic mass is 10.1. The van der Waals surface area contributed by atoms with Gasteiger partial charge in [0, 0.05) is 62.1 Å². The van der Waals surface area contributed by atoms with Gasteiger partial charge in [0.05, 0.1) is 10.4 Å². The number of aromatic hydroxyl groups is 1. The summed E-state index contributed by atoms with van der Waals surface area (Å²) in [4.78, 5) is 19.6. The molecule has 6 nitrogen and oxygen atoms in total. The standard InChI is InChI=1S/C23H27ClN4O2/c1-25(2)9-10-26-11-13-27(14-12-26)22(29)17-5-3-7-19(15-17)28-16-18-6-4-8-20(24)21(18)23(28)30/h3-8,15-16,30H,9-14H2,1-2H3. The van der Waals surface area contributed by atoms with Crippen molar-refractivity contribution in [1.82, 2.24) is 19.3 Å². The molecule has 1 N–H and O–H groups in total. The van der Waals surface area contributed by atoms with Crippen LogP contribution in [0.4, 0.5) is 0 Å². The Morgan fingerprint density at radius 2 is 1.83 bits per heavy atom. The lowest BCUT2D eigenvalue weighted by Gasteiger charge is -2.35. The first kappa shape index (κ1) is 20.7. The van der Waals surface area contributed by atoms with Crippen molar-refractivity contribution in [2.45, 2.75) is 0 Å². The van der Waals surface area contributed by atoms with Crippen molar-refractivity contribution < 1.29 is 9.90 Å². The monoisotopic (exact) mass is 426 g/mol. The molecule has 4 rings (SSSR count). The van der Waals surface area contributed by atoms with Crippen LogP contribution in [0.1, 0.15) is 10.4 Å². The fraction of sp³-hybridized carbons (Fsp3) is 0.348. The molecule has 0 spiro atoms. The van der Waals surface area contributed by atoms with Gasteiger partial charge in [-0.05, 0) is 38.4 Å². The summed E-state index contributed by atoms with van der Waals surface area (Å²) in [6, 6.07) is 12.9. The number of carbonyl (C=O) groups excluding carboxylic acids is 1. The Hall–Kier alpha value is -2.54. The van der Waals surface area contributed by atoms with Crippen molar-refractivity contribution in [2.24, 2.45) is 0 Å². The van der Waals surface area contributed by atoms with Gasteiger partial charge in [-0.3, -0.25) is 14.3 Å². The van der Waals surface area contributed by atoms with Crippen LogP contribution in [0, 0.1) is 0 Å². The number of hydrogen-bond acceptors (Lipinski definition) is 4. The highest BCUT2D eigenvalue weighted by Gasteiger charge is 2.22. The van der Waals surface area contributed by atoms with Gasteiger partial charge in [0.15, 0.2) is 0 Å². The molecule has 0 aliphatic carbocycles. The highest BCUT2D eigenvalue weighted by molar-refractivity contribution is 6.36. The van der Waals surface area contributed by atoms with E-state index >= 15 is 0 Å². The van der Waals surface area contributed by atoms with Gasteiger partial charge in [0.25, 0.3) is 5.91 Å². The number of hydrogen-bond donors (Lipinski definition) is 1. The van der Waals surface area contributed by atoms with E-state index < -0.39 is 0 Å². The fourth-order valence-corrected chi connectivity index (χ4v) is 4.16. The number of aromatic nitrogens is 1. The van der Waals surface area contributed by atoms with E-state index in [0.29, 0.717) is 16.0 Å². The van der Waals surface area contributed by atoms with Crippen LogP contribution in [0.25, 0.3) is 16.5 Å². The van der Waals surface area contributed by atoms with E-state index in [9.17, 15) is 9.90 Å². The summed E-state index contributed by atoms with van der Waals surface area (Å²) in [6.07, 6.45) is 1.84. The molecule has 1 saturated heterocycles. The van der Waals surface area contributed by atoms with Crippen molar-refractivity contribution in [2.75, 3.05) is 53.4 Å². The maximum absolute atomic E-state index is 13.1. The normalized spacial score (nSPS) is 15.3. The minimum atomic E-state index is 0.0262. The molecule has 2 heterocycles. The molecular formula is C23H27ClN4O2. The second-order valence-corrected chi connectivity index (χ2v) is 8.42. The van der Waals surface area contributed by atoms with Crippen LogP contribution in [-0.4, -0.2) is 83.6 Å². The number of benzene rings is 2. The molecule has 0 atom stereocenters. The molecule has 0 saturated carbocycles. The van der Waals surface area contributed by atoms with Crippen molar-refractivity contribution in [3.05, 3.63) is 59.2 Å². The number of nitrogens with zero attached hydrogens (tertiary/aromatic N) is 4. The first-order valence-electron chi connectivity index (χ1n) is 10.2. The smallest absolute Gasteiger partial charge is 0.254 e. The number of rotatable bonds is 5. The Morgan fingerprint density at radius 3 is 2.53 bits per heavy atom. The van der Waals surface area contributed by atoms with Crippen LogP contribution in [0.15, 0.2) is 48.7 Å². The van der Waals surface area contributed by atoms with Crippen LogP contribution in [0.5, 0.6) is 5.88 Å². The zero-order chi connectivity index (χ0) is 21.3. The molecule has 1 aliphatic rings. The van der Waals surface area contributed by atoms with Crippen molar-refractivity contribution in [3.63, 3.8) is 0 Å². The van der Waals surface area contributed by atoms with Gasteiger partial charge in [-0.1, -0.05) is 29.8 Å². The Kier molecular flexibility index (Phi) is 5.99. The molecule has 1 aromatic heterocycles. The van der Waals surface area contributed by atoms with Gasteiger partial charge in [-0.15, -0.1) is 0 Å². The third kappa shape index (κ3) is 4.17. The molecule has 3 aromatic rings. The zero-order valence-corrected chi connectivity index (χ0v) is 18.1. The number of halogens is 1. The number of amides is 1. The molecule has 0 bridgehead atoms. The Labute approximate surface area is 181 Å². The van der Waals surface area contributed by atoms with Crippen LogP contribution < -0.4 is 0 Å². The third-order valence-corrected chi connectivity index (χ3v) is 5.98. The summed E-state index contributed by atoms with van der Waals surface area (Å²) >= 11 is 6.26. The van der Waals surface area contributed by atoms with Gasteiger partial charge in [-0.2, -0.15) is 0 Å². The van der Waals surface area contributed by atoms with Gasteiger partial charge >= 0.3 is 0 Å². The second kappa shape index (κ2) is 8.68. The topological polar surface area (TPSA) is 52.0 Å². The lowest BCUT2D eigenvalue weighted by molar-refractivity contribution is 0.0629. The number of piperazine rings is 1. The number of carbonyl (C=O) groups is 1. The highest BCUT2D eigenvalue weighted by Crippen LogP contribution is 2.35. The third-order valence-electron chi connectivity index (χ3n) is 5.66. The summed E-state index contributed by atoms with van der Waals surface area (Å²) in [7, 11) is 4.15. The van der Waals surface area contributed by atoms with E-state index in [1.807, 2.05) is 47.5 Å². The summed E-state index contributed by atoms with van der Waals surface area (Å²) in [5, 5.41) is 12.7. The minimum absolute atomic E-state index is 0.0262. The van der Waals surface area contributed by atoms with Crippen molar-refractivity contribution >= 4 is 28.3 Å². The minimum Gasteiger partial charge on any atom is -0.494 e. The molecule has 30 heavy (non-hydrogen) atoms. The van der Waals surface area contributed by atoms with E-state index in [0.717, 1.165) is 50.3 Å². The molecular weight excluding hydrogens is 400 g/mol. The van der Waals surface area contributed by atoms with Gasteiger partial charge in [0.2, 0.25) is 5.88 Å². The zero-order valence-electron chi connectivity index (χ0n) is 17.4. The number of fused-ring (bicyclic) bond motifs is 1. The largest absolute Gasteiger partial charge is 0.494 e. The lowest BCUT2D eigenvalue weighted by Crippen LogP contribution is -2.50. The van der Waals surface area contributed by atoms with Gasteiger partial charge in [0.1, 0.15) is 0 Å². The van der Waals surface area contributed by atoms with Crippen LogP contribution in [0.2, 0.25) is 5.02 Å². The average Bonchev–Trinajstić information content (AvgIpc) is 3.10. The molecule has 1 aliphatic heterocycles. The summed E-state index contributed by atoms with van der Waals surface area (Å²) < 4.78 is 1.67. The fourth-order valence-electron chi connectivity index (χ4n) is 3.89. The highest BCUT2D eigenvalue weighted by atomic mass is 35.5. The number of likely N-dealkylation sites (N-methyl/N-ethyl adjacent to an activating group) is 1. The SMILES string of the molecule is CN(C)CCN1CCN(C(=O)c2cccc(-n3cc4cccc(Cl)c4c3O)c2)CC1. The first-order chi connectivity index (χ1) is 14.4. The van der Waals surface area contributed by atoms with E-state index in [1.54, 1.807) is 10.6 Å². The first-order valence-corrected chi connectivity index (χ1v) is 10.6. The van der Waals surface area contributed by atoms with Crippen LogP contribution in [0.3, 0.4) is 0 Å². The van der Waals surface area contributed by atoms with E-state index in [-0.39, 0.29) is 11.8 Å². The predicted octanol–water partition coefficient (Wildman–Crippen LogP) is 3.31. The van der Waals surface area contributed by atoms with Crippen LogP contribution in [-0.2, 0) is 0 Å². The van der Waals surface area contributed by atoms with Crippen molar-refractivity contribution in [3.8, 4) is 11.6 Å². The molecule has 1 fully saturated rings. The van der Waals surface area contributed by atoms with E-state index in [2.05, 4.69) is 23.9 Å². The summed E-state index contributed by atoms with van der Waals surface area (Å²) in [5.74, 6) is 0.105. The van der Waals surface area contributed by atoms with Gasteiger partial charge < -0.3 is 14.9 Å². The van der Waals surface area contributed by atoms with E-state index in [4.69, 9.17) is 11.6 Å². The molecule has 2 aromatic carbocycles. The van der Waals surface area contributed by atoms with Crippen molar-refractivity contribution in [1.29, 1.82) is 0 Å². The Bertz CT molecular complexity index is 1050. The molecule has 7 heteroatoms. The molecule has 158 valence electrons. The quantitative estimate of drug-likeness (QED) is 0.680.